The molecule has 3 rings (SSSR count). The van der Waals surface area contributed by atoms with Crippen LogP contribution in [0.4, 0.5) is 4.39 Å². The van der Waals surface area contributed by atoms with E-state index in [0.717, 1.165) is 37.3 Å². The molecule has 0 bridgehead atoms. The van der Waals surface area contributed by atoms with Crippen LogP contribution in [0.2, 0.25) is 0 Å². The molecule has 1 aliphatic heterocycles. The van der Waals surface area contributed by atoms with Gasteiger partial charge < -0.3 is 5.32 Å². The maximum Gasteiger partial charge on any atom is 0.123 e. The fourth-order valence-corrected chi connectivity index (χ4v) is 2.70. The van der Waals surface area contributed by atoms with Crippen LogP contribution in [0.5, 0.6) is 0 Å². The van der Waals surface area contributed by atoms with Gasteiger partial charge in [-0.25, -0.2) is 4.39 Å². The average Bonchev–Trinajstić information content (AvgIpc) is 2.70. The van der Waals surface area contributed by atoms with Crippen molar-refractivity contribution in [1.82, 2.24) is 5.32 Å². The third kappa shape index (κ3) is 1.34. The molecule has 1 aliphatic carbocycles. The van der Waals surface area contributed by atoms with E-state index < -0.39 is 0 Å². The first kappa shape index (κ1) is 9.82. The topological polar surface area (TPSA) is 24.4 Å². The van der Waals surface area contributed by atoms with Gasteiger partial charge in [-0.1, -0.05) is 18.6 Å². The van der Waals surface area contributed by atoms with Crippen molar-refractivity contribution in [1.29, 1.82) is 0 Å². The number of hydrogen-bond donors (Lipinski definition) is 1. The third-order valence-corrected chi connectivity index (χ3v) is 3.71. The second kappa shape index (κ2) is 3.58. The Bertz CT molecular complexity index is 435. The molecule has 84 valence electrons. The van der Waals surface area contributed by atoms with Crippen LogP contribution in [0.3, 0.4) is 0 Å². The van der Waals surface area contributed by atoms with Crippen LogP contribution in [0.25, 0.3) is 0 Å². The molecule has 0 spiro atoms. The molecule has 2 nitrogen and oxygen atoms in total. The lowest BCUT2D eigenvalue weighted by molar-refractivity contribution is 0.334. The van der Waals surface area contributed by atoms with Crippen LogP contribution in [0, 0.1) is 5.82 Å². The molecule has 0 saturated heterocycles. The number of benzene rings is 1. The van der Waals surface area contributed by atoms with Gasteiger partial charge in [0, 0.05) is 6.54 Å². The first-order valence-electron chi connectivity index (χ1n) is 5.86. The van der Waals surface area contributed by atoms with E-state index in [0.29, 0.717) is 0 Å². The highest BCUT2D eigenvalue weighted by Gasteiger charge is 2.44. The van der Waals surface area contributed by atoms with Gasteiger partial charge in [-0.15, -0.1) is 0 Å². The summed E-state index contributed by atoms with van der Waals surface area (Å²) in [5, 5.41) is 3.34. The van der Waals surface area contributed by atoms with E-state index in [4.69, 9.17) is 0 Å². The highest BCUT2D eigenvalue weighted by atomic mass is 19.1. The molecule has 2 aliphatic rings. The number of nitrogens with one attached hydrogen (secondary N) is 1. The lowest BCUT2D eigenvalue weighted by Crippen LogP contribution is -2.47. The zero-order valence-electron chi connectivity index (χ0n) is 9.17. The van der Waals surface area contributed by atoms with Crippen LogP contribution in [0.15, 0.2) is 29.3 Å². The normalized spacial score (nSPS) is 22.2. The Labute approximate surface area is 94.6 Å². The van der Waals surface area contributed by atoms with Crippen molar-refractivity contribution in [3.05, 3.63) is 35.6 Å². The highest BCUT2D eigenvalue weighted by molar-refractivity contribution is 5.95. The smallest absolute Gasteiger partial charge is 0.123 e. The van der Waals surface area contributed by atoms with Crippen molar-refractivity contribution < 1.29 is 4.39 Å². The summed E-state index contributed by atoms with van der Waals surface area (Å²) >= 11 is 0. The molecular weight excluding hydrogens is 203 g/mol. The Morgan fingerprint density at radius 3 is 2.75 bits per heavy atom. The minimum absolute atomic E-state index is 0.0153. The molecular formula is C13H15FN2. The van der Waals surface area contributed by atoms with E-state index in [1.54, 1.807) is 12.1 Å². The second-order valence-corrected chi connectivity index (χ2v) is 4.60. The molecule has 3 heteroatoms. The van der Waals surface area contributed by atoms with Crippen LogP contribution < -0.4 is 5.32 Å². The van der Waals surface area contributed by atoms with Gasteiger partial charge in [0.05, 0.1) is 12.0 Å². The summed E-state index contributed by atoms with van der Waals surface area (Å²) in [5.74, 6) is 0.923. The van der Waals surface area contributed by atoms with Gasteiger partial charge in [0.1, 0.15) is 11.7 Å². The fourth-order valence-electron chi connectivity index (χ4n) is 2.70. The van der Waals surface area contributed by atoms with E-state index in [-0.39, 0.29) is 11.2 Å². The van der Waals surface area contributed by atoms with Crippen LogP contribution in [-0.4, -0.2) is 18.9 Å². The van der Waals surface area contributed by atoms with Crippen molar-refractivity contribution in [2.45, 2.75) is 24.7 Å². The summed E-state index contributed by atoms with van der Waals surface area (Å²) < 4.78 is 13.3. The Balaban J connectivity index is 2.01. The number of nitrogens with zero attached hydrogens (tertiary/aromatic N) is 1. The van der Waals surface area contributed by atoms with E-state index >= 15 is 0 Å². The molecule has 1 saturated carbocycles. The van der Waals surface area contributed by atoms with Crippen LogP contribution >= 0.6 is 0 Å². The molecule has 0 aromatic heterocycles. The Kier molecular flexibility index (Phi) is 2.20. The zero-order valence-corrected chi connectivity index (χ0v) is 9.17. The molecule has 1 N–H and O–H groups in total. The number of amidine groups is 1. The van der Waals surface area contributed by atoms with Gasteiger partial charge in [0.2, 0.25) is 0 Å². The van der Waals surface area contributed by atoms with Gasteiger partial charge in [-0.3, -0.25) is 4.99 Å². The predicted molar refractivity (Wildman–Crippen MR) is 62.2 cm³/mol. The second-order valence-electron chi connectivity index (χ2n) is 4.60. The van der Waals surface area contributed by atoms with Gasteiger partial charge in [-0.05, 0) is 30.5 Å². The monoisotopic (exact) mass is 218 g/mol. The fraction of sp³-hybridized carbons (Fsp3) is 0.462. The molecule has 1 heterocycles. The molecule has 16 heavy (non-hydrogen) atoms. The summed E-state index contributed by atoms with van der Waals surface area (Å²) in [6.45, 7) is 1.78. The van der Waals surface area contributed by atoms with Crippen molar-refractivity contribution in [2.75, 3.05) is 13.1 Å². The van der Waals surface area contributed by atoms with Gasteiger partial charge >= 0.3 is 0 Å². The number of halogens is 1. The van der Waals surface area contributed by atoms with Crippen LogP contribution in [0.1, 0.15) is 24.8 Å². The average molecular weight is 218 g/mol. The largest absolute Gasteiger partial charge is 0.371 e. The predicted octanol–water partition coefficient (Wildman–Crippen LogP) is 2.25. The van der Waals surface area contributed by atoms with Gasteiger partial charge in [0.25, 0.3) is 0 Å². The van der Waals surface area contributed by atoms with Crippen molar-refractivity contribution in [2.24, 2.45) is 4.99 Å². The van der Waals surface area contributed by atoms with Crippen molar-refractivity contribution >= 4 is 5.84 Å². The Morgan fingerprint density at radius 1 is 1.31 bits per heavy atom. The SMILES string of the molecule is Fc1cccc(C2(C3=NCCN3)CCC2)c1. The van der Waals surface area contributed by atoms with E-state index in [1.165, 1.54) is 12.5 Å². The zero-order chi connectivity index (χ0) is 11.0. The standard InChI is InChI=1S/C13H15FN2/c14-11-4-1-3-10(9-11)13(5-2-6-13)12-15-7-8-16-12/h1,3-4,9H,2,5-8H2,(H,15,16). The summed E-state index contributed by atoms with van der Waals surface area (Å²) in [6, 6.07) is 6.96. The quantitative estimate of drug-likeness (QED) is 0.809. The Morgan fingerprint density at radius 2 is 2.19 bits per heavy atom. The van der Waals surface area contributed by atoms with Gasteiger partial charge in [0.15, 0.2) is 0 Å². The summed E-state index contributed by atoms with van der Waals surface area (Å²) in [7, 11) is 0. The molecule has 0 atom stereocenters. The number of aliphatic imine (C=N–C) groups is 1. The summed E-state index contributed by atoms with van der Waals surface area (Å²) in [6.07, 6.45) is 3.38. The van der Waals surface area contributed by atoms with E-state index in [1.807, 2.05) is 6.07 Å². The molecule has 1 aromatic carbocycles. The van der Waals surface area contributed by atoms with E-state index in [2.05, 4.69) is 10.3 Å². The number of hydrogen-bond acceptors (Lipinski definition) is 2. The molecule has 0 amide bonds. The van der Waals surface area contributed by atoms with Gasteiger partial charge in [-0.2, -0.15) is 0 Å². The molecule has 1 fully saturated rings. The Hall–Kier alpha value is -1.38. The van der Waals surface area contributed by atoms with Crippen molar-refractivity contribution in [3.63, 3.8) is 0 Å². The minimum Gasteiger partial charge on any atom is -0.371 e. The maximum absolute atomic E-state index is 13.3. The summed E-state index contributed by atoms with van der Waals surface area (Å²) in [4.78, 5) is 4.52. The molecule has 0 unspecified atom stereocenters. The first-order chi connectivity index (χ1) is 7.81. The summed E-state index contributed by atoms with van der Waals surface area (Å²) in [5.41, 5.74) is 1.06. The third-order valence-electron chi connectivity index (χ3n) is 3.71. The number of rotatable bonds is 2. The lowest BCUT2D eigenvalue weighted by atomic mass is 9.63. The highest BCUT2D eigenvalue weighted by Crippen LogP contribution is 2.45. The first-order valence-corrected chi connectivity index (χ1v) is 5.86. The lowest BCUT2D eigenvalue weighted by Gasteiger charge is -2.42. The van der Waals surface area contributed by atoms with E-state index in [9.17, 15) is 4.39 Å². The van der Waals surface area contributed by atoms with Crippen molar-refractivity contribution in [3.8, 4) is 0 Å². The molecule has 0 radical (unpaired) electrons. The molecule has 1 aromatic rings. The maximum atomic E-state index is 13.3. The minimum atomic E-state index is -0.151. The van der Waals surface area contributed by atoms with Crippen LogP contribution in [-0.2, 0) is 5.41 Å².